The molecule has 0 saturated carbocycles. The van der Waals surface area contributed by atoms with Crippen molar-refractivity contribution in [3.05, 3.63) is 17.8 Å². The van der Waals surface area contributed by atoms with Crippen molar-refractivity contribution in [2.45, 2.75) is 13.3 Å². The van der Waals surface area contributed by atoms with E-state index in [-0.39, 0.29) is 11.4 Å². The highest BCUT2D eigenvalue weighted by atomic mass is 19.4. The lowest BCUT2D eigenvalue weighted by atomic mass is 10.1. The lowest BCUT2D eigenvalue weighted by molar-refractivity contribution is -0.274. The summed E-state index contributed by atoms with van der Waals surface area (Å²) in [5, 5.41) is 6.73. The Morgan fingerprint density at radius 1 is 1.44 bits per heavy atom. The van der Waals surface area contributed by atoms with Crippen molar-refractivity contribution in [3.8, 4) is 5.75 Å². The first-order chi connectivity index (χ1) is 7.38. The van der Waals surface area contributed by atoms with E-state index in [1.807, 2.05) is 0 Å². The molecule has 2 rings (SSSR count). The monoisotopic (exact) mass is 231 g/mol. The number of nitrogens with two attached hydrogens (primary N) is 1. The maximum Gasteiger partial charge on any atom is 0.573 e. The molecule has 16 heavy (non-hydrogen) atoms. The Kier molecular flexibility index (Phi) is 2.18. The van der Waals surface area contributed by atoms with Crippen LogP contribution in [0.5, 0.6) is 5.75 Å². The van der Waals surface area contributed by atoms with Crippen LogP contribution >= 0.6 is 0 Å². The van der Waals surface area contributed by atoms with Crippen molar-refractivity contribution in [2.24, 2.45) is 0 Å². The number of ether oxygens (including phenoxy) is 1. The van der Waals surface area contributed by atoms with Gasteiger partial charge in [-0.2, -0.15) is 5.10 Å². The summed E-state index contributed by atoms with van der Waals surface area (Å²) in [6.07, 6.45) is -3.40. The largest absolute Gasteiger partial charge is 0.573 e. The Labute approximate surface area is 88.2 Å². The average molecular weight is 231 g/mol. The highest BCUT2D eigenvalue weighted by molar-refractivity contribution is 5.94. The molecule has 0 fully saturated rings. The lowest BCUT2D eigenvalue weighted by Crippen LogP contribution is -2.18. The van der Waals surface area contributed by atoms with E-state index in [9.17, 15) is 13.2 Å². The van der Waals surface area contributed by atoms with Gasteiger partial charge in [0.2, 0.25) is 0 Å². The highest BCUT2D eigenvalue weighted by Crippen LogP contribution is 2.36. The number of aromatic amines is 1. The van der Waals surface area contributed by atoms with E-state index in [2.05, 4.69) is 14.9 Å². The first-order valence-corrected chi connectivity index (χ1v) is 4.36. The van der Waals surface area contributed by atoms with Crippen LogP contribution in [-0.4, -0.2) is 16.6 Å². The zero-order valence-electron chi connectivity index (χ0n) is 8.22. The van der Waals surface area contributed by atoms with Gasteiger partial charge in [0.25, 0.3) is 0 Å². The number of benzene rings is 1. The number of hydrogen-bond acceptors (Lipinski definition) is 3. The van der Waals surface area contributed by atoms with Gasteiger partial charge in [-0.1, -0.05) is 0 Å². The third kappa shape index (κ3) is 1.75. The van der Waals surface area contributed by atoms with E-state index in [1.54, 1.807) is 0 Å². The normalized spacial score (nSPS) is 12.0. The Balaban J connectivity index is 2.59. The van der Waals surface area contributed by atoms with Crippen LogP contribution in [0.1, 0.15) is 5.56 Å². The van der Waals surface area contributed by atoms with E-state index >= 15 is 0 Å². The SMILES string of the molecule is Cc1cc2[nH]ncc2c(N)c1OC(F)(F)F. The number of nitrogens with zero attached hydrogens (tertiary/aromatic N) is 1. The lowest BCUT2D eigenvalue weighted by Gasteiger charge is -2.13. The predicted octanol–water partition coefficient (Wildman–Crippen LogP) is 2.35. The van der Waals surface area contributed by atoms with Crippen molar-refractivity contribution < 1.29 is 17.9 Å². The number of anilines is 1. The molecular formula is C9H8F3N3O. The van der Waals surface area contributed by atoms with Crippen LogP contribution in [0.2, 0.25) is 0 Å². The van der Waals surface area contributed by atoms with Crippen molar-refractivity contribution in [3.63, 3.8) is 0 Å². The van der Waals surface area contributed by atoms with Gasteiger partial charge in [0.1, 0.15) is 0 Å². The van der Waals surface area contributed by atoms with E-state index in [1.165, 1.54) is 19.2 Å². The predicted molar refractivity (Wildman–Crippen MR) is 51.9 cm³/mol. The van der Waals surface area contributed by atoms with E-state index in [4.69, 9.17) is 5.73 Å². The Morgan fingerprint density at radius 3 is 2.75 bits per heavy atom. The van der Waals surface area contributed by atoms with Crippen molar-refractivity contribution in [2.75, 3.05) is 5.73 Å². The first-order valence-electron chi connectivity index (χ1n) is 4.36. The van der Waals surface area contributed by atoms with Gasteiger partial charge < -0.3 is 10.5 Å². The number of H-pyrrole nitrogens is 1. The molecule has 3 N–H and O–H groups in total. The summed E-state index contributed by atoms with van der Waals surface area (Å²) in [6.45, 7) is 1.48. The molecule has 7 heteroatoms. The van der Waals surface area contributed by atoms with Gasteiger partial charge in [0.15, 0.2) is 5.75 Å². The number of aromatic nitrogens is 2. The second kappa shape index (κ2) is 3.29. The molecular weight excluding hydrogens is 223 g/mol. The Hall–Kier alpha value is -1.92. The third-order valence-corrected chi connectivity index (χ3v) is 2.14. The fourth-order valence-electron chi connectivity index (χ4n) is 1.49. The molecule has 1 heterocycles. The van der Waals surface area contributed by atoms with Crippen molar-refractivity contribution in [1.29, 1.82) is 0 Å². The van der Waals surface area contributed by atoms with Crippen LogP contribution < -0.4 is 10.5 Å². The smallest absolute Gasteiger partial charge is 0.403 e. The standard InChI is InChI=1S/C9H8F3N3O/c1-4-2-6-5(3-14-15-6)7(13)8(4)16-9(10,11)12/h2-3H,13H2,1H3,(H,14,15). The molecule has 0 aliphatic heterocycles. The van der Waals surface area contributed by atoms with E-state index in [0.29, 0.717) is 16.5 Å². The zero-order chi connectivity index (χ0) is 11.9. The van der Waals surface area contributed by atoms with Gasteiger partial charge in [-0.15, -0.1) is 13.2 Å². The maximum absolute atomic E-state index is 12.1. The van der Waals surface area contributed by atoms with Crippen LogP contribution in [0.4, 0.5) is 18.9 Å². The topological polar surface area (TPSA) is 63.9 Å². The van der Waals surface area contributed by atoms with Gasteiger partial charge in [0.05, 0.1) is 17.4 Å². The van der Waals surface area contributed by atoms with Gasteiger partial charge in [-0.25, -0.2) is 0 Å². The molecule has 0 saturated heterocycles. The van der Waals surface area contributed by atoms with Crippen LogP contribution in [0.25, 0.3) is 10.9 Å². The highest BCUT2D eigenvalue weighted by Gasteiger charge is 2.33. The number of rotatable bonds is 1. The molecule has 0 bridgehead atoms. The number of hydrogen-bond donors (Lipinski definition) is 2. The molecule has 0 unspecified atom stereocenters. The average Bonchev–Trinajstić information content (AvgIpc) is 2.58. The summed E-state index contributed by atoms with van der Waals surface area (Å²) in [5.41, 5.74) is 6.39. The minimum Gasteiger partial charge on any atom is -0.403 e. The quantitative estimate of drug-likeness (QED) is 0.740. The number of aryl methyl sites for hydroxylation is 1. The molecule has 4 nitrogen and oxygen atoms in total. The van der Waals surface area contributed by atoms with Gasteiger partial charge in [-0.3, -0.25) is 5.10 Å². The molecule has 0 atom stereocenters. The molecule has 2 aromatic rings. The number of halogens is 3. The summed E-state index contributed by atoms with van der Waals surface area (Å²) in [6, 6.07) is 1.50. The second-order valence-electron chi connectivity index (χ2n) is 3.32. The summed E-state index contributed by atoms with van der Waals surface area (Å²) in [7, 11) is 0. The fourth-order valence-corrected chi connectivity index (χ4v) is 1.49. The van der Waals surface area contributed by atoms with Gasteiger partial charge in [0, 0.05) is 5.39 Å². The van der Waals surface area contributed by atoms with Crippen LogP contribution in [0.15, 0.2) is 12.3 Å². The Bertz CT molecular complexity index is 533. The number of alkyl halides is 3. The van der Waals surface area contributed by atoms with E-state index < -0.39 is 6.36 Å². The van der Waals surface area contributed by atoms with Crippen LogP contribution in [0.3, 0.4) is 0 Å². The van der Waals surface area contributed by atoms with E-state index in [0.717, 1.165) is 0 Å². The number of nitrogen functional groups attached to an aromatic ring is 1. The maximum atomic E-state index is 12.1. The van der Waals surface area contributed by atoms with Gasteiger partial charge in [-0.05, 0) is 18.6 Å². The van der Waals surface area contributed by atoms with Crippen molar-refractivity contribution >= 4 is 16.6 Å². The summed E-state index contributed by atoms with van der Waals surface area (Å²) in [4.78, 5) is 0. The summed E-state index contributed by atoms with van der Waals surface area (Å²) >= 11 is 0. The summed E-state index contributed by atoms with van der Waals surface area (Å²) < 4.78 is 40.3. The second-order valence-corrected chi connectivity index (χ2v) is 3.32. The molecule has 0 spiro atoms. The molecule has 86 valence electrons. The fraction of sp³-hybridized carbons (Fsp3) is 0.222. The van der Waals surface area contributed by atoms with Crippen molar-refractivity contribution in [1.82, 2.24) is 10.2 Å². The molecule has 0 radical (unpaired) electrons. The first kappa shape index (κ1) is 10.6. The zero-order valence-corrected chi connectivity index (χ0v) is 8.22. The minimum atomic E-state index is -4.75. The molecule has 0 amide bonds. The molecule has 1 aromatic heterocycles. The molecule has 0 aliphatic rings. The summed E-state index contributed by atoms with van der Waals surface area (Å²) in [5.74, 6) is -0.374. The van der Waals surface area contributed by atoms with Crippen LogP contribution in [-0.2, 0) is 0 Å². The number of nitrogens with one attached hydrogen (secondary N) is 1. The molecule has 0 aliphatic carbocycles. The third-order valence-electron chi connectivity index (χ3n) is 2.14. The number of fused-ring (bicyclic) bond motifs is 1. The van der Waals surface area contributed by atoms with Gasteiger partial charge >= 0.3 is 6.36 Å². The minimum absolute atomic E-state index is 0.0684. The molecule has 1 aromatic carbocycles. The Morgan fingerprint density at radius 2 is 2.12 bits per heavy atom. The van der Waals surface area contributed by atoms with Crippen LogP contribution in [0, 0.1) is 6.92 Å².